The van der Waals surface area contributed by atoms with Crippen LogP contribution in [0.5, 0.6) is 0 Å². The molecular formula is C4H9BClLiO7. The molecule has 14 heavy (non-hydrogen) atoms. The van der Waals surface area contributed by atoms with E-state index < -0.39 is 19.3 Å². The third kappa shape index (κ3) is 96.0. The summed E-state index contributed by atoms with van der Waals surface area (Å²) in [7, 11) is -2.17. The van der Waals surface area contributed by atoms with E-state index in [-0.39, 0.29) is 18.9 Å². The van der Waals surface area contributed by atoms with Gasteiger partial charge >= 0.3 is 38.1 Å². The SMILES string of the molecule is O=C(O)C(=O)O.OB(O)O.[CH2-]CCl.[Li+]. The molecule has 10 heteroatoms. The zero-order valence-electron chi connectivity index (χ0n) is 7.42. The maximum Gasteiger partial charge on any atom is 1.00 e. The summed E-state index contributed by atoms with van der Waals surface area (Å²) < 4.78 is 0. The van der Waals surface area contributed by atoms with Gasteiger partial charge in [-0.15, -0.1) is 5.88 Å². The van der Waals surface area contributed by atoms with Crippen molar-refractivity contribution in [3.05, 3.63) is 6.92 Å². The maximum atomic E-state index is 9.10. The zero-order valence-corrected chi connectivity index (χ0v) is 8.18. The van der Waals surface area contributed by atoms with Gasteiger partial charge in [-0.25, -0.2) is 9.59 Å². The number of halogens is 1. The second-order valence-corrected chi connectivity index (χ2v) is 1.52. The van der Waals surface area contributed by atoms with Gasteiger partial charge < -0.3 is 32.2 Å². The van der Waals surface area contributed by atoms with Gasteiger partial charge in [0, 0.05) is 0 Å². The van der Waals surface area contributed by atoms with Gasteiger partial charge in [-0.2, -0.15) is 11.6 Å². The van der Waals surface area contributed by atoms with E-state index >= 15 is 0 Å². The normalized spacial score (nSPS) is 6.36. The van der Waals surface area contributed by atoms with E-state index in [1.807, 2.05) is 0 Å². The molecule has 0 bridgehead atoms. The average molecular weight is 222 g/mol. The minimum absolute atomic E-state index is 0. The van der Waals surface area contributed by atoms with Crippen molar-refractivity contribution in [1.82, 2.24) is 0 Å². The summed E-state index contributed by atoms with van der Waals surface area (Å²) in [6.07, 6.45) is 0. The van der Waals surface area contributed by atoms with Crippen LogP contribution in [0.25, 0.3) is 0 Å². The molecule has 0 fully saturated rings. The Balaban J connectivity index is -0.0000000553. The van der Waals surface area contributed by atoms with Crippen molar-refractivity contribution in [2.45, 2.75) is 0 Å². The van der Waals surface area contributed by atoms with Gasteiger partial charge in [0.05, 0.1) is 0 Å². The van der Waals surface area contributed by atoms with Gasteiger partial charge in [0.1, 0.15) is 0 Å². The largest absolute Gasteiger partial charge is 1.00 e. The van der Waals surface area contributed by atoms with Crippen LogP contribution in [0.15, 0.2) is 0 Å². The Bertz CT molecular complexity index is 129. The molecule has 0 aromatic rings. The van der Waals surface area contributed by atoms with Gasteiger partial charge in [-0.3, -0.25) is 0 Å². The van der Waals surface area contributed by atoms with Crippen LogP contribution in [0.3, 0.4) is 0 Å². The number of alkyl halides is 1. The van der Waals surface area contributed by atoms with Gasteiger partial charge in [-0.05, 0) is 0 Å². The van der Waals surface area contributed by atoms with Crippen molar-refractivity contribution >= 4 is 30.9 Å². The Morgan fingerprint density at radius 3 is 1.21 bits per heavy atom. The summed E-state index contributed by atoms with van der Waals surface area (Å²) in [6, 6.07) is 0. The van der Waals surface area contributed by atoms with Crippen LogP contribution < -0.4 is 18.9 Å². The van der Waals surface area contributed by atoms with E-state index in [4.69, 9.17) is 46.5 Å². The molecule has 0 aliphatic heterocycles. The van der Waals surface area contributed by atoms with Crippen molar-refractivity contribution in [1.29, 1.82) is 0 Å². The average Bonchev–Trinajstić information content (AvgIpc) is 1.87. The summed E-state index contributed by atoms with van der Waals surface area (Å²) in [5, 5.41) is 36.3. The van der Waals surface area contributed by atoms with E-state index in [1.54, 1.807) is 0 Å². The standard InChI is InChI=1S/C2H4Cl.C2H2O4.BH3O3.Li/c1-2-3;3-1(4)2(5)6;2-1(3)4;/h1-2H2;(H,3,4)(H,5,6);2-4H;/q-1;;;+1. The van der Waals surface area contributed by atoms with Crippen LogP contribution in [0.4, 0.5) is 0 Å². The number of rotatable bonds is 0. The zero-order chi connectivity index (χ0) is 11.4. The first kappa shape index (κ1) is 23.5. The molecule has 0 radical (unpaired) electrons. The summed E-state index contributed by atoms with van der Waals surface area (Å²) in [6.45, 7) is 3.25. The predicted molar refractivity (Wildman–Crippen MR) is 43.8 cm³/mol. The molecule has 0 aromatic heterocycles. The molecular weight excluding hydrogens is 213 g/mol. The van der Waals surface area contributed by atoms with E-state index in [0.717, 1.165) is 0 Å². The quantitative estimate of drug-likeness (QED) is 0.120. The summed E-state index contributed by atoms with van der Waals surface area (Å²) in [5.41, 5.74) is 0. The Morgan fingerprint density at radius 2 is 1.21 bits per heavy atom. The van der Waals surface area contributed by atoms with Gasteiger partial charge in [-0.1, -0.05) is 0 Å². The Kier molecular flexibility index (Phi) is 31.1. The first-order valence-electron chi connectivity index (χ1n) is 2.65. The van der Waals surface area contributed by atoms with E-state index in [0.29, 0.717) is 5.88 Å². The van der Waals surface area contributed by atoms with Crippen LogP contribution in [0.1, 0.15) is 0 Å². The first-order valence-corrected chi connectivity index (χ1v) is 3.18. The molecule has 0 spiro atoms. The molecule has 0 rings (SSSR count). The third-order valence-electron chi connectivity index (χ3n) is 0.183. The molecule has 0 aliphatic carbocycles. The van der Waals surface area contributed by atoms with Crippen LogP contribution in [0, 0.1) is 6.92 Å². The van der Waals surface area contributed by atoms with Crippen LogP contribution in [-0.4, -0.2) is 50.4 Å². The molecule has 78 valence electrons. The van der Waals surface area contributed by atoms with Gasteiger partial charge in [0.25, 0.3) is 0 Å². The van der Waals surface area contributed by atoms with Crippen molar-refractivity contribution in [2.24, 2.45) is 0 Å². The predicted octanol–water partition coefficient (Wildman–Crippen LogP) is -4.83. The molecule has 5 N–H and O–H groups in total. The van der Waals surface area contributed by atoms with Gasteiger partial charge in [0.15, 0.2) is 0 Å². The summed E-state index contributed by atoms with van der Waals surface area (Å²) >= 11 is 4.89. The molecule has 0 heterocycles. The molecule has 0 saturated heterocycles. The smallest absolute Gasteiger partial charge is 0.473 e. The van der Waals surface area contributed by atoms with Crippen LogP contribution >= 0.6 is 11.6 Å². The Labute approximate surface area is 97.7 Å². The van der Waals surface area contributed by atoms with Gasteiger partial charge in [0.2, 0.25) is 0 Å². The summed E-state index contributed by atoms with van der Waals surface area (Å²) in [5.74, 6) is -3.18. The number of carboxylic acids is 2. The third-order valence-corrected chi connectivity index (χ3v) is 0.183. The molecule has 0 saturated carbocycles. The fourth-order valence-electron chi connectivity index (χ4n) is 0. The molecule has 0 atom stereocenters. The fourth-order valence-corrected chi connectivity index (χ4v) is 0. The number of hydrogen-bond acceptors (Lipinski definition) is 5. The van der Waals surface area contributed by atoms with Crippen molar-refractivity contribution in [3.63, 3.8) is 0 Å². The van der Waals surface area contributed by atoms with E-state index in [1.165, 1.54) is 0 Å². The molecule has 0 aromatic carbocycles. The van der Waals surface area contributed by atoms with E-state index in [9.17, 15) is 0 Å². The minimum atomic E-state index is -2.17. The van der Waals surface area contributed by atoms with Crippen molar-refractivity contribution < 1.29 is 53.7 Å². The van der Waals surface area contributed by atoms with Crippen molar-refractivity contribution in [3.8, 4) is 0 Å². The topological polar surface area (TPSA) is 135 Å². The number of carbonyl (C=O) groups is 2. The molecule has 0 amide bonds. The first-order chi connectivity index (χ1) is 5.79. The fraction of sp³-hybridized carbons (Fsp3) is 0.250. The number of hydrogen-bond donors (Lipinski definition) is 5. The molecule has 0 aliphatic rings. The minimum Gasteiger partial charge on any atom is -0.473 e. The monoisotopic (exact) mass is 222 g/mol. The van der Waals surface area contributed by atoms with Crippen LogP contribution in [0.2, 0.25) is 0 Å². The number of carboxylic acid groups (broad SMARTS) is 2. The number of aliphatic carboxylic acids is 2. The Morgan fingerprint density at radius 1 is 1.14 bits per heavy atom. The van der Waals surface area contributed by atoms with Crippen LogP contribution in [-0.2, 0) is 9.59 Å². The second kappa shape index (κ2) is 18.5. The second-order valence-electron chi connectivity index (χ2n) is 1.15. The Hall–Kier alpha value is -0.228. The molecule has 0 unspecified atom stereocenters. The summed E-state index contributed by atoms with van der Waals surface area (Å²) in [4.78, 5) is 18.2. The van der Waals surface area contributed by atoms with E-state index in [2.05, 4.69) is 6.92 Å². The molecule has 7 nitrogen and oxygen atoms in total. The van der Waals surface area contributed by atoms with Crippen molar-refractivity contribution in [2.75, 3.05) is 5.88 Å². The maximum absolute atomic E-state index is 9.10.